The van der Waals surface area contributed by atoms with Crippen LogP contribution in [-0.2, 0) is 0 Å². The molecule has 0 aliphatic carbocycles. The van der Waals surface area contributed by atoms with Gasteiger partial charge in [0.2, 0.25) is 0 Å². The average molecular weight is 259 g/mol. The summed E-state index contributed by atoms with van der Waals surface area (Å²) in [6.07, 6.45) is 5.28. The van der Waals surface area contributed by atoms with Gasteiger partial charge >= 0.3 is 0 Å². The lowest BCUT2D eigenvalue weighted by molar-refractivity contribution is 0.0952. The molecule has 0 saturated carbocycles. The highest BCUT2D eigenvalue weighted by Gasteiger charge is 2.11. The van der Waals surface area contributed by atoms with Crippen molar-refractivity contribution < 1.29 is 9.18 Å². The number of nitrogens with one attached hydrogen (secondary N) is 1. The van der Waals surface area contributed by atoms with Crippen LogP contribution in [0.3, 0.4) is 0 Å². The SMILES string of the molecule is CCCCCCNC(=O)c1cc(F)cnc1Cl. The fourth-order valence-corrected chi connectivity index (χ4v) is 1.62. The Balaban J connectivity index is 2.44. The van der Waals surface area contributed by atoms with Crippen LogP contribution in [0.15, 0.2) is 12.3 Å². The van der Waals surface area contributed by atoms with Gasteiger partial charge in [-0.25, -0.2) is 9.37 Å². The Morgan fingerprint density at radius 2 is 2.24 bits per heavy atom. The number of aromatic nitrogens is 1. The molecule has 94 valence electrons. The zero-order chi connectivity index (χ0) is 12.7. The van der Waals surface area contributed by atoms with Crippen molar-refractivity contribution in [1.82, 2.24) is 10.3 Å². The van der Waals surface area contributed by atoms with Crippen molar-refractivity contribution in [2.75, 3.05) is 6.54 Å². The van der Waals surface area contributed by atoms with Gasteiger partial charge in [-0.3, -0.25) is 4.79 Å². The summed E-state index contributed by atoms with van der Waals surface area (Å²) in [4.78, 5) is 15.2. The maximum Gasteiger partial charge on any atom is 0.254 e. The minimum atomic E-state index is -0.564. The molecular weight excluding hydrogens is 243 g/mol. The van der Waals surface area contributed by atoms with E-state index in [9.17, 15) is 9.18 Å². The van der Waals surface area contributed by atoms with Crippen LogP contribution in [-0.4, -0.2) is 17.4 Å². The maximum absolute atomic E-state index is 12.9. The molecule has 17 heavy (non-hydrogen) atoms. The Hall–Kier alpha value is -1.16. The molecule has 1 heterocycles. The van der Waals surface area contributed by atoms with Crippen molar-refractivity contribution in [2.24, 2.45) is 0 Å². The molecular formula is C12H16ClFN2O. The van der Waals surface area contributed by atoms with E-state index in [1.807, 2.05) is 0 Å². The molecule has 1 aromatic heterocycles. The largest absolute Gasteiger partial charge is 0.352 e. The molecule has 0 aromatic carbocycles. The van der Waals surface area contributed by atoms with Crippen LogP contribution >= 0.6 is 11.6 Å². The van der Waals surface area contributed by atoms with Gasteiger partial charge in [-0.15, -0.1) is 0 Å². The molecule has 0 fully saturated rings. The second-order valence-electron chi connectivity index (χ2n) is 3.81. The Morgan fingerprint density at radius 1 is 1.47 bits per heavy atom. The zero-order valence-electron chi connectivity index (χ0n) is 9.80. The third kappa shape index (κ3) is 4.69. The van der Waals surface area contributed by atoms with Gasteiger partial charge in [0, 0.05) is 6.54 Å². The monoisotopic (exact) mass is 258 g/mol. The highest BCUT2D eigenvalue weighted by Crippen LogP contribution is 2.13. The first kappa shape index (κ1) is 13.9. The van der Waals surface area contributed by atoms with Crippen LogP contribution in [0.4, 0.5) is 4.39 Å². The smallest absolute Gasteiger partial charge is 0.254 e. The summed E-state index contributed by atoms with van der Waals surface area (Å²) < 4.78 is 12.9. The van der Waals surface area contributed by atoms with Gasteiger partial charge in [0.05, 0.1) is 11.8 Å². The quantitative estimate of drug-likeness (QED) is 0.629. The molecule has 1 amide bonds. The number of carbonyl (C=O) groups is 1. The van der Waals surface area contributed by atoms with Gasteiger partial charge < -0.3 is 5.32 Å². The van der Waals surface area contributed by atoms with E-state index >= 15 is 0 Å². The standard InChI is InChI=1S/C12H16ClFN2O/c1-2-3-4-5-6-15-12(17)10-7-9(14)8-16-11(10)13/h7-8H,2-6H2,1H3,(H,15,17). The van der Waals surface area contributed by atoms with E-state index in [4.69, 9.17) is 11.6 Å². The molecule has 1 N–H and O–H groups in total. The summed E-state index contributed by atoms with van der Waals surface area (Å²) in [5, 5.41) is 2.72. The first-order valence-corrected chi connectivity index (χ1v) is 6.12. The van der Waals surface area contributed by atoms with E-state index in [-0.39, 0.29) is 16.6 Å². The molecule has 3 nitrogen and oxygen atoms in total. The van der Waals surface area contributed by atoms with E-state index in [0.717, 1.165) is 37.9 Å². The molecule has 1 rings (SSSR count). The Morgan fingerprint density at radius 3 is 2.94 bits per heavy atom. The predicted octanol–water partition coefficient (Wildman–Crippen LogP) is 3.18. The van der Waals surface area contributed by atoms with Crippen LogP contribution in [0.5, 0.6) is 0 Å². The van der Waals surface area contributed by atoms with E-state index in [1.54, 1.807) is 0 Å². The van der Waals surface area contributed by atoms with Crippen molar-refractivity contribution in [2.45, 2.75) is 32.6 Å². The number of amides is 1. The minimum Gasteiger partial charge on any atom is -0.352 e. The summed E-state index contributed by atoms with van der Waals surface area (Å²) >= 11 is 5.72. The molecule has 0 bridgehead atoms. The van der Waals surface area contributed by atoms with Crippen LogP contribution < -0.4 is 5.32 Å². The van der Waals surface area contributed by atoms with Gasteiger partial charge in [-0.05, 0) is 12.5 Å². The van der Waals surface area contributed by atoms with Crippen molar-refractivity contribution in [1.29, 1.82) is 0 Å². The summed E-state index contributed by atoms with van der Waals surface area (Å²) in [7, 11) is 0. The lowest BCUT2D eigenvalue weighted by Crippen LogP contribution is -2.25. The van der Waals surface area contributed by atoms with Crippen LogP contribution in [0.2, 0.25) is 5.15 Å². The Bertz CT molecular complexity index is 385. The van der Waals surface area contributed by atoms with Gasteiger partial charge in [-0.2, -0.15) is 0 Å². The molecule has 5 heteroatoms. The lowest BCUT2D eigenvalue weighted by Gasteiger charge is -2.06. The van der Waals surface area contributed by atoms with Crippen molar-refractivity contribution in [3.63, 3.8) is 0 Å². The molecule has 0 saturated heterocycles. The lowest BCUT2D eigenvalue weighted by atomic mass is 10.2. The molecule has 0 spiro atoms. The number of unbranched alkanes of at least 4 members (excludes halogenated alkanes) is 3. The van der Waals surface area contributed by atoms with Crippen LogP contribution in [0.1, 0.15) is 43.0 Å². The predicted molar refractivity (Wildman–Crippen MR) is 65.7 cm³/mol. The molecule has 0 atom stereocenters. The molecule has 1 aromatic rings. The third-order valence-corrected chi connectivity index (χ3v) is 2.67. The van der Waals surface area contributed by atoms with Gasteiger partial charge in [0.25, 0.3) is 5.91 Å². The van der Waals surface area contributed by atoms with E-state index in [1.165, 1.54) is 0 Å². The fraction of sp³-hybridized carbons (Fsp3) is 0.500. The van der Waals surface area contributed by atoms with E-state index in [0.29, 0.717) is 6.54 Å². The fourth-order valence-electron chi connectivity index (χ4n) is 1.43. The number of rotatable bonds is 6. The van der Waals surface area contributed by atoms with E-state index in [2.05, 4.69) is 17.2 Å². The topological polar surface area (TPSA) is 42.0 Å². The number of pyridine rings is 1. The van der Waals surface area contributed by atoms with Crippen LogP contribution in [0, 0.1) is 5.82 Å². The Kier molecular flexibility index (Phi) is 5.91. The summed E-state index contributed by atoms with van der Waals surface area (Å²) in [6, 6.07) is 1.09. The Labute approximate surface area is 105 Å². The summed E-state index contributed by atoms with van der Waals surface area (Å²) in [6.45, 7) is 2.70. The molecule has 0 radical (unpaired) electrons. The number of hydrogen-bond donors (Lipinski definition) is 1. The van der Waals surface area contributed by atoms with Crippen molar-refractivity contribution in [3.8, 4) is 0 Å². The minimum absolute atomic E-state index is 0.0254. The maximum atomic E-state index is 12.9. The zero-order valence-corrected chi connectivity index (χ0v) is 10.6. The first-order valence-electron chi connectivity index (χ1n) is 5.74. The van der Waals surface area contributed by atoms with Crippen LogP contribution in [0.25, 0.3) is 0 Å². The number of halogens is 2. The third-order valence-electron chi connectivity index (χ3n) is 2.37. The molecule has 0 aliphatic heterocycles. The number of nitrogens with zero attached hydrogens (tertiary/aromatic N) is 1. The van der Waals surface area contributed by atoms with Crippen molar-refractivity contribution in [3.05, 3.63) is 28.8 Å². The average Bonchev–Trinajstić information content (AvgIpc) is 2.32. The summed E-state index contributed by atoms with van der Waals surface area (Å²) in [5.41, 5.74) is 0.0853. The number of carbonyl (C=O) groups excluding carboxylic acids is 1. The van der Waals surface area contributed by atoms with Gasteiger partial charge in [0.15, 0.2) is 0 Å². The van der Waals surface area contributed by atoms with Gasteiger partial charge in [-0.1, -0.05) is 37.8 Å². The normalized spacial score (nSPS) is 10.3. The molecule has 0 aliphatic rings. The summed E-state index contributed by atoms with van der Waals surface area (Å²) in [5.74, 6) is -0.941. The highest BCUT2D eigenvalue weighted by atomic mass is 35.5. The second kappa shape index (κ2) is 7.22. The van der Waals surface area contributed by atoms with Gasteiger partial charge in [0.1, 0.15) is 11.0 Å². The molecule has 0 unspecified atom stereocenters. The first-order chi connectivity index (χ1) is 8.15. The highest BCUT2D eigenvalue weighted by molar-refractivity contribution is 6.32. The number of hydrogen-bond acceptors (Lipinski definition) is 2. The van der Waals surface area contributed by atoms with E-state index < -0.39 is 5.82 Å². The second-order valence-corrected chi connectivity index (χ2v) is 4.17. The van der Waals surface area contributed by atoms with Crippen molar-refractivity contribution >= 4 is 17.5 Å².